The highest BCUT2D eigenvalue weighted by Gasteiger charge is 2.29. The fraction of sp³-hybridized carbons (Fsp3) is 0.200. The SMILES string of the molecule is Cc1ccc(CN)cc1-c1ccc(C(F)(F)F)cc1. The number of halogens is 3. The number of alkyl halides is 3. The van der Waals surface area contributed by atoms with Crippen LogP contribution >= 0.6 is 0 Å². The van der Waals surface area contributed by atoms with E-state index in [1.54, 1.807) is 0 Å². The van der Waals surface area contributed by atoms with Crippen LogP contribution in [-0.2, 0) is 12.7 Å². The van der Waals surface area contributed by atoms with Crippen LogP contribution in [-0.4, -0.2) is 0 Å². The molecule has 0 aliphatic rings. The van der Waals surface area contributed by atoms with Crippen molar-refractivity contribution in [3.63, 3.8) is 0 Å². The Bertz CT molecular complexity index is 571. The Kier molecular flexibility index (Phi) is 3.62. The van der Waals surface area contributed by atoms with E-state index in [0.29, 0.717) is 6.54 Å². The van der Waals surface area contributed by atoms with E-state index in [1.165, 1.54) is 12.1 Å². The molecule has 19 heavy (non-hydrogen) atoms. The summed E-state index contributed by atoms with van der Waals surface area (Å²) in [5, 5.41) is 0. The quantitative estimate of drug-likeness (QED) is 0.867. The van der Waals surface area contributed by atoms with Gasteiger partial charge in [0.25, 0.3) is 0 Å². The number of nitrogens with two attached hydrogens (primary N) is 1. The van der Waals surface area contributed by atoms with E-state index in [1.807, 2.05) is 25.1 Å². The van der Waals surface area contributed by atoms with Crippen LogP contribution in [0.4, 0.5) is 13.2 Å². The molecule has 0 heterocycles. The third kappa shape index (κ3) is 2.96. The van der Waals surface area contributed by atoms with E-state index in [4.69, 9.17) is 5.73 Å². The maximum absolute atomic E-state index is 12.5. The van der Waals surface area contributed by atoms with Crippen molar-refractivity contribution >= 4 is 0 Å². The van der Waals surface area contributed by atoms with Gasteiger partial charge in [0.05, 0.1) is 5.56 Å². The van der Waals surface area contributed by atoms with Crippen molar-refractivity contribution in [2.75, 3.05) is 0 Å². The van der Waals surface area contributed by atoms with Gasteiger partial charge in [0.2, 0.25) is 0 Å². The van der Waals surface area contributed by atoms with Crippen LogP contribution in [0.3, 0.4) is 0 Å². The van der Waals surface area contributed by atoms with Gasteiger partial charge in [-0.25, -0.2) is 0 Å². The smallest absolute Gasteiger partial charge is 0.326 e. The number of rotatable bonds is 2. The molecule has 100 valence electrons. The Morgan fingerprint density at radius 1 is 1.00 bits per heavy atom. The molecule has 0 saturated carbocycles. The van der Waals surface area contributed by atoms with Gasteiger partial charge >= 0.3 is 6.18 Å². The summed E-state index contributed by atoms with van der Waals surface area (Å²) in [6.07, 6.45) is -4.30. The average Bonchev–Trinajstić information content (AvgIpc) is 2.38. The first-order valence-electron chi connectivity index (χ1n) is 5.89. The Balaban J connectivity index is 2.42. The van der Waals surface area contributed by atoms with Gasteiger partial charge in [-0.1, -0.05) is 24.3 Å². The first kappa shape index (κ1) is 13.6. The maximum Gasteiger partial charge on any atom is 0.416 e. The van der Waals surface area contributed by atoms with Gasteiger partial charge in [-0.15, -0.1) is 0 Å². The van der Waals surface area contributed by atoms with Crippen LogP contribution in [0.5, 0.6) is 0 Å². The minimum atomic E-state index is -4.30. The monoisotopic (exact) mass is 265 g/mol. The van der Waals surface area contributed by atoms with Crippen molar-refractivity contribution < 1.29 is 13.2 Å². The second-order valence-electron chi connectivity index (χ2n) is 4.43. The summed E-state index contributed by atoms with van der Waals surface area (Å²) in [5.74, 6) is 0. The fourth-order valence-corrected chi connectivity index (χ4v) is 1.95. The standard InChI is InChI=1S/C15H14F3N/c1-10-2-3-11(9-19)8-14(10)12-4-6-13(7-5-12)15(16,17)18/h2-8H,9,19H2,1H3. The van der Waals surface area contributed by atoms with E-state index in [-0.39, 0.29) is 0 Å². The van der Waals surface area contributed by atoms with Crippen LogP contribution in [0.15, 0.2) is 42.5 Å². The summed E-state index contributed by atoms with van der Waals surface area (Å²) in [7, 11) is 0. The van der Waals surface area contributed by atoms with Crippen LogP contribution in [0.2, 0.25) is 0 Å². The van der Waals surface area contributed by atoms with Crippen molar-refractivity contribution in [1.29, 1.82) is 0 Å². The van der Waals surface area contributed by atoms with Crippen molar-refractivity contribution in [3.8, 4) is 11.1 Å². The Morgan fingerprint density at radius 2 is 1.63 bits per heavy atom. The van der Waals surface area contributed by atoms with Crippen molar-refractivity contribution in [3.05, 3.63) is 59.2 Å². The lowest BCUT2D eigenvalue weighted by Crippen LogP contribution is -2.04. The molecule has 0 aliphatic heterocycles. The minimum Gasteiger partial charge on any atom is -0.326 e. The molecule has 2 aromatic carbocycles. The van der Waals surface area contributed by atoms with Gasteiger partial charge in [-0.05, 0) is 47.4 Å². The molecule has 2 rings (SSSR count). The number of benzene rings is 2. The third-order valence-electron chi connectivity index (χ3n) is 3.06. The van der Waals surface area contributed by atoms with Gasteiger partial charge in [0.15, 0.2) is 0 Å². The molecule has 0 fully saturated rings. The van der Waals surface area contributed by atoms with Crippen LogP contribution in [0.25, 0.3) is 11.1 Å². The summed E-state index contributed by atoms with van der Waals surface area (Å²) in [4.78, 5) is 0. The zero-order valence-electron chi connectivity index (χ0n) is 10.5. The van der Waals surface area contributed by atoms with Gasteiger partial charge in [-0.3, -0.25) is 0 Å². The molecule has 0 atom stereocenters. The first-order valence-corrected chi connectivity index (χ1v) is 5.89. The summed E-state index contributed by atoms with van der Waals surface area (Å²) in [6.45, 7) is 2.33. The van der Waals surface area contributed by atoms with Gasteiger partial charge in [0.1, 0.15) is 0 Å². The minimum absolute atomic E-state index is 0.411. The number of aryl methyl sites for hydroxylation is 1. The van der Waals surface area contributed by atoms with Gasteiger partial charge in [-0.2, -0.15) is 13.2 Å². The summed E-state index contributed by atoms with van der Waals surface area (Å²) in [5.41, 5.74) is 8.59. The molecule has 0 aromatic heterocycles. The molecule has 1 nitrogen and oxygen atoms in total. The molecule has 2 N–H and O–H groups in total. The molecule has 0 saturated heterocycles. The Morgan fingerprint density at radius 3 is 2.16 bits per heavy atom. The fourth-order valence-electron chi connectivity index (χ4n) is 1.95. The van der Waals surface area contributed by atoms with E-state index < -0.39 is 11.7 Å². The second kappa shape index (κ2) is 5.05. The molecule has 0 radical (unpaired) electrons. The maximum atomic E-state index is 12.5. The van der Waals surface area contributed by atoms with Crippen molar-refractivity contribution in [2.24, 2.45) is 5.73 Å². The largest absolute Gasteiger partial charge is 0.416 e. The van der Waals surface area contributed by atoms with Crippen LogP contribution in [0.1, 0.15) is 16.7 Å². The molecule has 0 unspecified atom stereocenters. The van der Waals surface area contributed by atoms with E-state index in [2.05, 4.69) is 0 Å². The van der Waals surface area contributed by atoms with E-state index in [0.717, 1.165) is 34.4 Å². The predicted octanol–water partition coefficient (Wildman–Crippen LogP) is 4.14. The summed E-state index contributed by atoms with van der Waals surface area (Å²) >= 11 is 0. The molecule has 0 spiro atoms. The summed E-state index contributed by atoms with van der Waals surface area (Å²) in [6, 6.07) is 10.9. The zero-order valence-corrected chi connectivity index (χ0v) is 10.5. The Hall–Kier alpha value is -1.81. The lowest BCUT2D eigenvalue weighted by atomic mass is 9.97. The van der Waals surface area contributed by atoms with E-state index in [9.17, 15) is 13.2 Å². The predicted molar refractivity (Wildman–Crippen MR) is 69.5 cm³/mol. The third-order valence-corrected chi connectivity index (χ3v) is 3.06. The van der Waals surface area contributed by atoms with Gasteiger partial charge < -0.3 is 5.73 Å². The lowest BCUT2D eigenvalue weighted by molar-refractivity contribution is -0.137. The molecule has 0 amide bonds. The molecule has 0 bridgehead atoms. The zero-order chi connectivity index (χ0) is 14.0. The highest BCUT2D eigenvalue weighted by molar-refractivity contribution is 5.68. The van der Waals surface area contributed by atoms with E-state index >= 15 is 0 Å². The molecule has 0 aliphatic carbocycles. The lowest BCUT2D eigenvalue weighted by Gasteiger charge is -2.10. The molecular formula is C15H14F3N. The van der Waals surface area contributed by atoms with Crippen molar-refractivity contribution in [2.45, 2.75) is 19.6 Å². The van der Waals surface area contributed by atoms with Crippen LogP contribution in [0, 0.1) is 6.92 Å². The normalized spacial score (nSPS) is 11.6. The van der Waals surface area contributed by atoms with Gasteiger partial charge in [0, 0.05) is 6.54 Å². The molecule has 4 heteroatoms. The highest BCUT2D eigenvalue weighted by atomic mass is 19.4. The van der Waals surface area contributed by atoms with Crippen molar-refractivity contribution in [1.82, 2.24) is 0 Å². The molecule has 2 aromatic rings. The molecular weight excluding hydrogens is 251 g/mol. The average molecular weight is 265 g/mol. The highest BCUT2D eigenvalue weighted by Crippen LogP contribution is 2.32. The number of hydrogen-bond donors (Lipinski definition) is 1. The topological polar surface area (TPSA) is 26.0 Å². The first-order chi connectivity index (χ1) is 8.91. The summed E-state index contributed by atoms with van der Waals surface area (Å²) < 4.78 is 37.5. The Labute approximate surface area is 109 Å². The number of hydrogen-bond acceptors (Lipinski definition) is 1. The second-order valence-corrected chi connectivity index (χ2v) is 4.43. The van der Waals surface area contributed by atoms with Crippen LogP contribution < -0.4 is 5.73 Å².